The van der Waals surface area contributed by atoms with Gasteiger partial charge in [-0.25, -0.2) is 4.18 Å². The van der Waals surface area contributed by atoms with Crippen LogP contribution in [0.1, 0.15) is 168 Å². The molecule has 1 aliphatic rings. The molecule has 1 rings (SSSR count). The molecule has 0 radical (unpaired) electrons. The zero-order chi connectivity index (χ0) is 37.9. The van der Waals surface area contributed by atoms with Crippen molar-refractivity contribution in [2.45, 2.75) is 217 Å². The lowest BCUT2D eigenvalue weighted by Gasteiger charge is -2.41. The summed E-state index contributed by atoms with van der Waals surface area (Å²) in [5, 5.41) is 54.9. The molecule has 8 atom stereocenters. The summed E-state index contributed by atoms with van der Waals surface area (Å²) >= 11 is 0. The average molecular weight is 756 g/mol. The normalized spacial score (nSPS) is 22.9. The van der Waals surface area contributed by atoms with E-state index in [0.29, 0.717) is 19.3 Å². The lowest BCUT2D eigenvalue weighted by molar-refractivity contribution is -0.298. The van der Waals surface area contributed by atoms with E-state index in [4.69, 9.17) is 14.0 Å². The Balaban J connectivity index is 2.60. The molecule has 0 aromatic heterocycles. The summed E-state index contributed by atoms with van der Waals surface area (Å²) in [6, 6.07) is -1.02. The molecule has 0 aliphatic carbocycles. The van der Waals surface area contributed by atoms with Crippen molar-refractivity contribution >= 4 is 16.3 Å². The molecule has 304 valence electrons. The Morgan fingerprint density at radius 1 is 0.706 bits per heavy atom. The van der Waals surface area contributed by atoms with Crippen LogP contribution < -0.4 is 5.32 Å². The van der Waals surface area contributed by atoms with Gasteiger partial charge in [0.2, 0.25) is 5.91 Å². The zero-order valence-corrected chi connectivity index (χ0v) is 32.4. The summed E-state index contributed by atoms with van der Waals surface area (Å²) < 4.78 is 47.3. The Kier molecular flexibility index (Phi) is 27.7. The fourth-order valence-corrected chi connectivity index (χ4v) is 7.03. The quantitative estimate of drug-likeness (QED) is 0.0339. The summed E-state index contributed by atoms with van der Waals surface area (Å²) in [6.45, 7) is 3.20. The van der Waals surface area contributed by atoms with Crippen LogP contribution in [0.2, 0.25) is 0 Å². The van der Waals surface area contributed by atoms with E-state index >= 15 is 0 Å². The number of rotatable bonds is 33. The van der Waals surface area contributed by atoms with Crippen LogP contribution in [0.5, 0.6) is 0 Å². The van der Waals surface area contributed by atoms with Crippen LogP contribution in [0.25, 0.3) is 0 Å². The smallest absolute Gasteiger partial charge is 0.394 e. The number of aliphatic hydroxyl groups excluding tert-OH is 5. The molecule has 8 unspecified atom stereocenters. The van der Waals surface area contributed by atoms with E-state index in [9.17, 15) is 38.7 Å². The molecule has 0 bridgehead atoms. The molecular formula is C37H73NO12S. The Morgan fingerprint density at radius 2 is 1.14 bits per heavy atom. The number of ether oxygens (including phenoxy) is 2. The van der Waals surface area contributed by atoms with E-state index in [2.05, 4.69) is 23.3 Å². The van der Waals surface area contributed by atoms with Gasteiger partial charge in [-0.2, -0.15) is 8.42 Å². The number of nitrogens with one attached hydrogen (secondary N) is 1. The molecule has 51 heavy (non-hydrogen) atoms. The highest BCUT2D eigenvalue weighted by Gasteiger charge is 2.48. The lowest BCUT2D eigenvalue weighted by Crippen LogP contribution is -2.61. The second kappa shape index (κ2) is 29.4. The number of hydrogen-bond acceptors (Lipinski definition) is 11. The van der Waals surface area contributed by atoms with E-state index in [-0.39, 0.29) is 6.42 Å². The molecule has 13 nitrogen and oxygen atoms in total. The summed E-state index contributed by atoms with van der Waals surface area (Å²) in [5.74, 6) is -0.672. The molecule has 1 saturated heterocycles. The predicted molar refractivity (Wildman–Crippen MR) is 196 cm³/mol. The van der Waals surface area contributed by atoms with Gasteiger partial charge in [-0.15, -0.1) is 0 Å². The van der Waals surface area contributed by atoms with Crippen molar-refractivity contribution in [3.8, 4) is 0 Å². The lowest BCUT2D eigenvalue weighted by atomic mass is 9.99. The van der Waals surface area contributed by atoms with Gasteiger partial charge in [0.25, 0.3) is 0 Å². The van der Waals surface area contributed by atoms with Crippen molar-refractivity contribution in [1.82, 2.24) is 5.32 Å². The fraction of sp³-hybridized carbons (Fsp3) is 0.973. The largest absolute Gasteiger partial charge is 0.397 e. The van der Waals surface area contributed by atoms with Crippen molar-refractivity contribution in [2.24, 2.45) is 0 Å². The van der Waals surface area contributed by atoms with Gasteiger partial charge in [0, 0.05) is 0 Å². The molecular weight excluding hydrogens is 682 g/mol. The second-order valence-electron chi connectivity index (χ2n) is 14.4. The van der Waals surface area contributed by atoms with Gasteiger partial charge in [-0.05, 0) is 12.8 Å². The predicted octanol–water partition coefficient (Wildman–Crippen LogP) is 5.24. The van der Waals surface area contributed by atoms with Gasteiger partial charge >= 0.3 is 10.4 Å². The molecule has 1 fully saturated rings. The third kappa shape index (κ3) is 22.8. The first-order valence-electron chi connectivity index (χ1n) is 20.0. The molecule has 1 heterocycles. The number of unbranched alkanes of at least 4 members (excludes halogenated alkanes) is 20. The van der Waals surface area contributed by atoms with Gasteiger partial charge in [-0.1, -0.05) is 155 Å². The van der Waals surface area contributed by atoms with E-state index in [1.165, 1.54) is 83.5 Å². The number of amides is 1. The highest BCUT2D eigenvalue weighted by atomic mass is 32.3. The minimum absolute atomic E-state index is 0.265. The Morgan fingerprint density at radius 3 is 1.57 bits per heavy atom. The monoisotopic (exact) mass is 755 g/mol. The van der Waals surface area contributed by atoms with Crippen molar-refractivity contribution in [3.63, 3.8) is 0 Å². The van der Waals surface area contributed by atoms with E-state index in [0.717, 1.165) is 44.9 Å². The first kappa shape index (κ1) is 48.1. The van der Waals surface area contributed by atoms with Crippen molar-refractivity contribution in [1.29, 1.82) is 0 Å². The van der Waals surface area contributed by atoms with Gasteiger partial charge in [0.15, 0.2) is 6.29 Å². The van der Waals surface area contributed by atoms with Crippen LogP contribution in [-0.2, 0) is 28.9 Å². The Bertz CT molecular complexity index is 958. The number of carbonyl (C=O) groups is 1. The first-order valence-corrected chi connectivity index (χ1v) is 21.4. The summed E-state index contributed by atoms with van der Waals surface area (Å²) in [4.78, 5) is 13.0. The maximum absolute atomic E-state index is 13.0. The van der Waals surface area contributed by atoms with Crippen LogP contribution in [0, 0.1) is 0 Å². The maximum atomic E-state index is 13.0. The molecule has 1 aliphatic heterocycles. The van der Waals surface area contributed by atoms with Crippen LogP contribution in [0.4, 0.5) is 0 Å². The molecule has 14 heteroatoms. The highest BCUT2D eigenvalue weighted by Crippen LogP contribution is 2.26. The van der Waals surface area contributed by atoms with Crippen LogP contribution in [0.15, 0.2) is 0 Å². The van der Waals surface area contributed by atoms with Crippen LogP contribution >= 0.6 is 0 Å². The topological polar surface area (TPSA) is 212 Å². The van der Waals surface area contributed by atoms with E-state index in [1.807, 2.05) is 0 Å². The second-order valence-corrected chi connectivity index (χ2v) is 15.4. The van der Waals surface area contributed by atoms with Crippen LogP contribution in [0.3, 0.4) is 0 Å². The summed E-state index contributed by atoms with van der Waals surface area (Å²) in [6.07, 6.45) is 14.7. The van der Waals surface area contributed by atoms with Crippen LogP contribution in [-0.4, -0.2) is 107 Å². The number of aliphatic hydroxyl groups is 5. The fourth-order valence-electron chi connectivity index (χ4n) is 6.52. The highest BCUT2D eigenvalue weighted by molar-refractivity contribution is 7.80. The SMILES string of the molecule is CCCCCCCCCCCCCCCCC(O)C(=O)NC(COC1OC(CO)C(O)C(OS(=O)(=O)O)C1O)C(O)CCCCCCCCCC. The standard InChI is InChI=1S/C37H73NO12S/c1-3-5-7-9-11-13-14-15-16-17-18-20-22-24-26-31(41)36(44)38-29(30(40)25-23-21-19-12-10-8-6-4-2)28-48-37-34(43)35(50-51(45,46)47)33(42)32(27-39)49-37/h29-35,37,39-43H,3-28H2,1-2H3,(H,38,44)(H,45,46,47). The third-order valence-corrected chi connectivity index (χ3v) is 10.2. The average Bonchev–Trinajstić information content (AvgIpc) is 3.09. The Hall–Kier alpha value is -0.940. The van der Waals surface area contributed by atoms with E-state index < -0.39 is 78.5 Å². The number of hydrogen-bond donors (Lipinski definition) is 7. The number of carbonyl (C=O) groups excluding carboxylic acids is 1. The van der Waals surface area contributed by atoms with E-state index in [1.54, 1.807) is 0 Å². The van der Waals surface area contributed by atoms with Crippen molar-refractivity contribution in [2.75, 3.05) is 13.2 Å². The Labute approximate surface area is 308 Å². The minimum Gasteiger partial charge on any atom is -0.394 e. The molecule has 0 aromatic rings. The summed E-state index contributed by atoms with van der Waals surface area (Å²) in [5.41, 5.74) is 0. The molecule has 1 amide bonds. The summed E-state index contributed by atoms with van der Waals surface area (Å²) in [7, 11) is -5.10. The van der Waals surface area contributed by atoms with Crippen molar-refractivity contribution < 1.29 is 57.0 Å². The zero-order valence-electron chi connectivity index (χ0n) is 31.5. The van der Waals surface area contributed by atoms with Crippen molar-refractivity contribution in [3.05, 3.63) is 0 Å². The molecule has 7 N–H and O–H groups in total. The van der Waals surface area contributed by atoms with Gasteiger partial charge < -0.3 is 40.3 Å². The van der Waals surface area contributed by atoms with Gasteiger partial charge in [-0.3, -0.25) is 9.35 Å². The maximum Gasteiger partial charge on any atom is 0.397 e. The van der Waals surface area contributed by atoms with Gasteiger partial charge in [0.05, 0.1) is 25.4 Å². The molecule has 0 saturated carbocycles. The minimum atomic E-state index is -5.10. The molecule has 0 aromatic carbocycles. The third-order valence-electron chi connectivity index (χ3n) is 9.77. The first-order chi connectivity index (χ1) is 24.4. The molecule has 0 spiro atoms. The van der Waals surface area contributed by atoms with Gasteiger partial charge in [0.1, 0.15) is 30.5 Å².